The standard InChI is InChI=1S/C11H13ClN2O4S/c1-18-7-10(6-15)14-19(16,17)11-4-9(12)3-2-8(11)5-13/h2-4,10,14-15H,6-7H2,1H3. The number of hydrogen-bond acceptors (Lipinski definition) is 5. The molecule has 1 atom stereocenters. The highest BCUT2D eigenvalue weighted by Gasteiger charge is 2.23. The molecule has 0 aliphatic rings. The topological polar surface area (TPSA) is 99.4 Å². The van der Waals surface area contributed by atoms with Gasteiger partial charge in [-0.2, -0.15) is 5.26 Å². The zero-order valence-electron chi connectivity index (χ0n) is 10.1. The highest BCUT2D eigenvalue weighted by Crippen LogP contribution is 2.20. The van der Waals surface area contributed by atoms with Crippen molar-refractivity contribution >= 4 is 21.6 Å². The van der Waals surface area contributed by atoms with Crippen LogP contribution in [0.25, 0.3) is 0 Å². The number of nitrogens with one attached hydrogen (secondary N) is 1. The molecule has 0 bridgehead atoms. The smallest absolute Gasteiger partial charge is 0.242 e. The zero-order valence-corrected chi connectivity index (χ0v) is 11.7. The summed E-state index contributed by atoms with van der Waals surface area (Å²) in [7, 11) is -2.57. The third-order valence-electron chi connectivity index (χ3n) is 2.26. The highest BCUT2D eigenvalue weighted by atomic mass is 35.5. The van der Waals surface area contributed by atoms with Crippen molar-refractivity contribution in [3.63, 3.8) is 0 Å². The van der Waals surface area contributed by atoms with Crippen molar-refractivity contribution in [3.05, 3.63) is 28.8 Å². The first-order valence-corrected chi connectivity index (χ1v) is 7.12. The number of sulfonamides is 1. The molecule has 1 rings (SSSR count). The maximum Gasteiger partial charge on any atom is 0.242 e. The average Bonchev–Trinajstić information content (AvgIpc) is 2.38. The molecular formula is C11H13ClN2O4S. The van der Waals surface area contributed by atoms with E-state index in [1.165, 1.54) is 25.3 Å². The lowest BCUT2D eigenvalue weighted by Gasteiger charge is -2.16. The van der Waals surface area contributed by atoms with Gasteiger partial charge in [0, 0.05) is 12.1 Å². The van der Waals surface area contributed by atoms with E-state index in [9.17, 15) is 8.42 Å². The molecule has 1 unspecified atom stereocenters. The van der Waals surface area contributed by atoms with Crippen LogP contribution in [-0.4, -0.2) is 39.9 Å². The third kappa shape index (κ3) is 4.16. The monoisotopic (exact) mass is 304 g/mol. The lowest BCUT2D eigenvalue weighted by atomic mass is 10.2. The fourth-order valence-electron chi connectivity index (χ4n) is 1.42. The summed E-state index contributed by atoms with van der Waals surface area (Å²) in [6.07, 6.45) is 0. The summed E-state index contributed by atoms with van der Waals surface area (Å²) in [5.74, 6) is 0. The molecule has 0 aromatic heterocycles. The number of ether oxygens (including phenoxy) is 1. The van der Waals surface area contributed by atoms with Crippen LogP contribution in [0, 0.1) is 11.3 Å². The van der Waals surface area contributed by atoms with Crippen LogP contribution in [0.2, 0.25) is 5.02 Å². The molecule has 1 aromatic rings. The van der Waals surface area contributed by atoms with Crippen LogP contribution in [0.1, 0.15) is 5.56 Å². The number of benzene rings is 1. The summed E-state index contributed by atoms with van der Waals surface area (Å²) < 4.78 is 31.3. The molecule has 19 heavy (non-hydrogen) atoms. The molecule has 2 N–H and O–H groups in total. The predicted molar refractivity (Wildman–Crippen MR) is 69.2 cm³/mol. The van der Waals surface area contributed by atoms with Crippen LogP contribution < -0.4 is 4.72 Å². The molecule has 0 amide bonds. The minimum absolute atomic E-state index is 0.0121. The second kappa shape index (κ2) is 6.84. The largest absolute Gasteiger partial charge is 0.395 e. The molecule has 0 saturated heterocycles. The number of aliphatic hydroxyl groups is 1. The van der Waals surface area contributed by atoms with Gasteiger partial charge in [-0.05, 0) is 18.2 Å². The number of nitrogens with zero attached hydrogens (tertiary/aromatic N) is 1. The molecule has 8 heteroatoms. The summed E-state index contributed by atoms with van der Waals surface area (Å²) in [6.45, 7) is -0.409. The first-order valence-electron chi connectivity index (χ1n) is 5.26. The van der Waals surface area contributed by atoms with Crippen molar-refractivity contribution < 1.29 is 18.3 Å². The predicted octanol–water partition coefficient (Wildman–Crippen LogP) is 0.497. The fourth-order valence-corrected chi connectivity index (χ4v) is 3.05. The van der Waals surface area contributed by atoms with Crippen LogP contribution >= 0.6 is 11.6 Å². The lowest BCUT2D eigenvalue weighted by Crippen LogP contribution is -2.40. The second-order valence-electron chi connectivity index (χ2n) is 3.71. The van der Waals surface area contributed by atoms with Gasteiger partial charge in [-0.1, -0.05) is 11.6 Å². The summed E-state index contributed by atoms with van der Waals surface area (Å²) in [5, 5.41) is 18.2. The second-order valence-corrected chi connectivity index (χ2v) is 5.83. The molecule has 0 radical (unpaired) electrons. The van der Waals surface area contributed by atoms with Crippen molar-refractivity contribution in [1.29, 1.82) is 5.26 Å². The maximum atomic E-state index is 12.1. The quantitative estimate of drug-likeness (QED) is 0.797. The number of halogens is 1. The fraction of sp³-hybridized carbons (Fsp3) is 0.364. The molecule has 0 heterocycles. The number of nitriles is 1. The van der Waals surface area contributed by atoms with E-state index in [-0.39, 0.29) is 22.1 Å². The van der Waals surface area contributed by atoms with E-state index in [0.29, 0.717) is 0 Å². The Morgan fingerprint density at radius 1 is 1.58 bits per heavy atom. The van der Waals surface area contributed by atoms with Gasteiger partial charge in [-0.3, -0.25) is 0 Å². The van der Waals surface area contributed by atoms with E-state index < -0.39 is 22.7 Å². The number of methoxy groups -OCH3 is 1. The Kier molecular flexibility index (Phi) is 5.72. The lowest BCUT2D eigenvalue weighted by molar-refractivity contribution is 0.139. The van der Waals surface area contributed by atoms with Crippen molar-refractivity contribution in [3.8, 4) is 6.07 Å². The van der Waals surface area contributed by atoms with Gasteiger partial charge in [0.05, 0.1) is 24.8 Å². The van der Waals surface area contributed by atoms with Gasteiger partial charge >= 0.3 is 0 Å². The molecule has 104 valence electrons. The molecule has 0 fully saturated rings. The number of rotatable bonds is 6. The van der Waals surface area contributed by atoms with E-state index in [1.54, 1.807) is 6.07 Å². The van der Waals surface area contributed by atoms with Gasteiger partial charge in [0.25, 0.3) is 0 Å². The SMILES string of the molecule is COCC(CO)NS(=O)(=O)c1cc(Cl)ccc1C#N. The summed E-state index contributed by atoms with van der Waals surface area (Å²) in [5.41, 5.74) is -0.0222. The van der Waals surface area contributed by atoms with E-state index in [1.807, 2.05) is 0 Å². The van der Waals surface area contributed by atoms with Crippen LogP contribution in [0.3, 0.4) is 0 Å². The maximum absolute atomic E-state index is 12.1. The third-order valence-corrected chi connectivity index (χ3v) is 4.06. The van der Waals surface area contributed by atoms with Gasteiger partial charge in [-0.25, -0.2) is 13.1 Å². The summed E-state index contributed by atoms with van der Waals surface area (Å²) in [6, 6.07) is 4.92. The van der Waals surface area contributed by atoms with Gasteiger partial charge < -0.3 is 9.84 Å². The van der Waals surface area contributed by atoms with E-state index in [4.69, 9.17) is 26.7 Å². The molecule has 0 aliphatic heterocycles. The average molecular weight is 305 g/mol. The van der Waals surface area contributed by atoms with Crippen molar-refractivity contribution in [2.45, 2.75) is 10.9 Å². The van der Waals surface area contributed by atoms with Crippen LogP contribution in [0.15, 0.2) is 23.1 Å². The van der Waals surface area contributed by atoms with Crippen LogP contribution in [0.4, 0.5) is 0 Å². The summed E-state index contributed by atoms with van der Waals surface area (Å²) >= 11 is 5.74. The van der Waals surface area contributed by atoms with Gasteiger partial charge in [0.1, 0.15) is 11.0 Å². The first-order chi connectivity index (χ1) is 8.94. The summed E-state index contributed by atoms with van der Waals surface area (Å²) in [4.78, 5) is -0.225. The minimum atomic E-state index is -3.96. The van der Waals surface area contributed by atoms with E-state index in [2.05, 4.69) is 4.72 Å². The first kappa shape index (κ1) is 15.9. The molecule has 6 nitrogen and oxygen atoms in total. The van der Waals surface area contributed by atoms with Gasteiger partial charge in [0.15, 0.2) is 0 Å². The van der Waals surface area contributed by atoms with E-state index in [0.717, 1.165) is 0 Å². The molecule has 0 saturated carbocycles. The Bertz CT molecular complexity index is 583. The van der Waals surface area contributed by atoms with Crippen molar-refractivity contribution in [2.75, 3.05) is 20.3 Å². The number of hydrogen-bond donors (Lipinski definition) is 2. The van der Waals surface area contributed by atoms with E-state index >= 15 is 0 Å². The van der Waals surface area contributed by atoms with Crippen molar-refractivity contribution in [2.24, 2.45) is 0 Å². The van der Waals surface area contributed by atoms with Crippen LogP contribution in [0.5, 0.6) is 0 Å². The van der Waals surface area contributed by atoms with Gasteiger partial charge in [-0.15, -0.1) is 0 Å². The van der Waals surface area contributed by atoms with Crippen LogP contribution in [-0.2, 0) is 14.8 Å². The minimum Gasteiger partial charge on any atom is -0.395 e. The highest BCUT2D eigenvalue weighted by molar-refractivity contribution is 7.89. The zero-order chi connectivity index (χ0) is 14.5. The van der Waals surface area contributed by atoms with Gasteiger partial charge in [0.2, 0.25) is 10.0 Å². The molecule has 1 aromatic carbocycles. The molecule has 0 aliphatic carbocycles. The Hall–Kier alpha value is -1.17. The Morgan fingerprint density at radius 2 is 2.26 bits per heavy atom. The van der Waals surface area contributed by atoms with Crippen molar-refractivity contribution in [1.82, 2.24) is 4.72 Å². The number of aliphatic hydroxyl groups excluding tert-OH is 1. The Morgan fingerprint density at radius 3 is 2.79 bits per heavy atom. The molecular weight excluding hydrogens is 292 g/mol. The normalized spacial score (nSPS) is 12.9. The molecule has 0 spiro atoms. The Balaban J connectivity index is 3.13. The Labute approximate surface area is 116 Å².